The number of benzene rings is 2. The van der Waals surface area contributed by atoms with Crippen LogP contribution in [0.2, 0.25) is 0 Å². The van der Waals surface area contributed by atoms with Crippen molar-refractivity contribution < 1.29 is 44.9 Å². The molecule has 0 amide bonds. The highest BCUT2D eigenvalue weighted by Gasteiger charge is 2.79. The fourth-order valence-electron chi connectivity index (χ4n) is 25.7. The minimum Gasteiger partial charge on any atom is -0.511 e. The van der Waals surface area contributed by atoms with Crippen LogP contribution < -0.4 is 20.5 Å². The van der Waals surface area contributed by atoms with Crippen LogP contribution in [-0.4, -0.2) is 87.6 Å². The second-order valence-electron chi connectivity index (χ2n) is 32.7. The van der Waals surface area contributed by atoms with Gasteiger partial charge in [-0.2, -0.15) is 0 Å². The van der Waals surface area contributed by atoms with Crippen molar-refractivity contribution in [2.24, 2.45) is 86.1 Å². The average molecular weight is 1350 g/mol. The summed E-state index contributed by atoms with van der Waals surface area (Å²) >= 11 is 0. The van der Waals surface area contributed by atoms with E-state index in [9.17, 15) is 30.6 Å². The van der Waals surface area contributed by atoms with Gasteiger partial charge in [0.2, 0.25) is 0 Å². The van der Waals surface area contributed by atoms with Crippen LogP contribution >= 0.6 is 43.2 Å². The molecule has 0 saturated heterocycles. The number of H-pyrrole nitrogens is 1. The molecule has 2 aromatic heterocycles. The highest BCUT2D eigenvalue weighted by molar-refractivity contribution is 8.77. The lowest BCUT2D eigenvalue weighted by molar-refractivity contribution is -0.129. The van der Waals surface area contributed by atoms with Gasteiger partial charge in [0, 0.05) is 82.2 Å². The van der Waals surface area contributed by atoms with Gasteiger partial charge in [-0.25, -0.2) is 0 Å². The number of allylic oxidation sites excluding steroid dienone is 6. The second-order valence-corrected chi connectivity index (χ2v) is 37.8. The quantitative estimate of drug-likeness (QED) is 0.0516. The summed E-state index contributed by atoms with van der Waals surface area (Å²) < 4.78 is 16.6. The number of Topliss-reactive ketones (excluding diaryl/α,β-unsaturated/α-hetero) is 1. The fourth-order valence-corrected chi connectivity index (χ4v) is 31.7. The van der Waals surface area contributed by atoms with Crippen LogP contribution in [0.4, 0.5) is 0 Å². The Bertz CT molecular complexity index is 4240. The molecule has 7 aliphatic heterocycles. The van der Waals surface area contributed by atoms with Crippen molar-refractivity contribution in [1.82, 2.24) is 14.9 Å². The van der Waals surface area contributed by atoms with E-state index in [0.717, 1.165) is 84.5 Å². The largest absolute Gasteiger partial charge is 0.511 e. The van der Waals surface area contributed by atoms with Gasteiger partial charge in [-0.3, -0.25) is 10.1 Å². The fraction of sp³-hybridized carbons (Fsp3) is 0.603. The lowest BCUT2D eigenvalue weighted by Crippen LogP contribution is -2.62. The smallest absolute Gasteiger partial charge is 0.191 e. The Morgan fingerprint density at radius 3 is 2.61 bits per heavy atom. The molecule has 16 bridgehead atoms. The van der Waals surface area contributed by atoms with Crippen LogP contribution in [-0.2, 0) is 27.8 Å². The highest BCUT2D eigenvalue weighted by Crippen LogP contribution is 2.85. The van der Waals surface area contributed by atoms with Gasteiger partial charge in [0.25, 0.3) is 0 Å². The number of hydrogen-bond donors (Lipinski definition) is 9. The van der Waals surface area contributed by atoms with E-state index >= 15 is 4.79 Å². The summed E-state index contributed by atoms with van der Waals surface area (Å²) in [6.45, 7) is 0.257. The number of carbonyl (C=O) groups is 1. The molecule has 2 aromatic carbocycles. The molecule has 22 unspecified atom stereocenters. The standard InChI is InChI=1S/C78H86N4O9S4/c79-70-46-11-10-45-57(84)15-13-54-71-82-33-51-55(32-80-56(51)34-82)78-64(88)26-42-16-23-76-21-5-6-41(76)8-9-43-30-75(78,38-77(42,43)76)37-74(39-81-70,66(46)67(45)78)40-93-92-36-52-44(60(87)29-61(69(52)91-71)90-25-24-72(54)18-3-4-19-72)12-14-58(85)65-63(35-83)95-94-62-17-22-73-20-2-1-7-53(73)48-28-59(86)49(68(65)89)27-47(48)50(62)31-73/h8-11,17,22,26-27,29,32-34,41-43,48-50,53-54,57,59,62-63,65,68,70-71,80-81,83-84,86-89H,1-7,12,14,16,18-21,23,28,30-31,35-40,79H2. The lowest BCUT2D eigenvalue weighted by Gasteiger charge is -2.61. The molecule has 17 heteroatoms. The zero-order valence-corrected chi connectivity index (χ0v) is 57.0. The van der Waals surface area contributed by atoms with Gasteiger partial charge in [-0.05, 0) is 181 Å². The number of nitrogens with zero attached hydrogens (tertiary/aromatic N) is 1. The van der Waals surface area contributed by atoms with Gasteiger partial charge in [0.1, 0.15) is 29.5 Å². The number of rotatable bonds is 5. The molecule has 13 nitrogen and oxygen atoms in total. The summed E-state index contributed by atoms with van der Waals surface area (Å²) in [4.78, 5) is 19.5. The lowest BCUT2D eigenvalue weighted by atomic mass is 9.43. The van der Waals surface area contributed by atoms with Crippen LogP contribution in [0.25, 0.3) is 10.9 Å². The number of ether oxygens (including phenoxy) is 2. The number of aromatic amines is 1. The number of aromatic nitrogens is 2. The molecule has 0 radical (unpaired) electrons. The molecule has 6 saturated carbocycles. The van der Waals surface area contributed by atoms with E-state index in [1.165, 1.54) is 61.3 Å². The summed E-state index contributed by atoms with van der Waals surface area (Å²) in [6.07, 6.45) is 37.7. The SMILES string of the molecule is NC1NCC23CSSCc4c(CCC(=O)C5C(CO)SSC6C=CC78CCCCC7C7CC(O)C(C=C7C6C8)C5O)c(O)cc5c4OC4C(C#CC(O)c6ccc1c2c6C1(C(O)=CC2CCC67CCCC6C=CC6CC1(C3)CC267)c1c[nH]c2cn4cc12)C1(C#CO5)CCCC1. The van der Waals surface area contributed by atoms with Gasteiger partial charge in [-0.1, -0.05) is 141 Å². The maximum Gasteiger partial charge on any atom is 0.191 e. The zero-order chi connectivity index (χ0) is 63.9. The number of fused-ring (bicyclic) bond motifs is 3. The van der Waals surface area contributed by atoms with Gasteiger partial charge >= 0.3 is 0 Å². The molecule has 11 aliphatic carbocycles. The van der Waals surface area contributed by atoms with Crippen molar-refractivity contribution in [3.05, 3.63) is 124 Å². The summed E-state index contributed by atoms with van der Waals surface area (Å²) in [5.41, 5.74) is 12.8. The third-order valence-electron chi connectivity index (χ3n) is 29.3. The number of ketones is 1. The molecule has 18 aliphatic rings. The maximum absolute atomic E-state index is 15.6. The number of hydrogen-bond acceptors (Lipinski definition) is 15. The molecule has 6 fully saturated rings. The summed E-state index contributed by atoms with van der Waals surface area (Å²) in [7, 11) is 6.71. The van der Waals surface area contributed by atoms with Crippen molar-refractivity contribution >= 4 is 59.9 Å². The molecular formula is C78H86N4O9S4. The third-order valence-corrected chi connectivity index (χ3v) is 35.0. The Morgan fingerprint density at radius 1 is 0.863 bits per heavy atom. The first-order valence-corrected chi connectivity index (χ1v) is 40.8. The van der Waals surface area contributed by atoms with Crippen LogP contribution in [0.15, 0.2) is 84.6 Å². The highest BCUT2D eigenvalue weighted by atomic mass is 33.1. The van der Waals surface area contributed by atoms with Crippen molar-refractivity contribution in [1.29, 1.82) is 0 Å². The Labute approximate surface area is 571 Å². The van der Waals surface area contributed by atoms with Gasteiger partial charge < -0.3 is 55.4 Å². The average Bonchev–Trinajstić information content (AvgIpc) is 1.49. The molecule has 496 valence electrons. The first-order valence-electron chi connectivity index (χ1n) is 36.0. The molecular weight excluding hydrogens is 1270 g/mol. The van der Waals surface area contributed by atoms with E-state index in [4.69, 9.17) is 15.2 Å². The predicted molar refractivity (Wildman–Crippen MR) is 372 cm³/mol. The van der Waals surface area contributed by atoms with E-state index in [2.05, 4.69) is 106 Å². The van der Waals surface area contributed by atoms with Crippen molar-refractivity contribution in [2.45, 2.75) is 186 Å². The van der Waals surface area contributed by atoms with Crippen LogP contribution in [0, 0.1) is 104 Å². The van der Waals surface area contributed by atoms with Crippen LogP contribution in [0.3, 0.4) is 0 Å². The van der Waals surface area contributed by atoms with E-state index in [0.29, 0.717) is 83.3 Å². The topological polar surface area (TPSA) is 216 Å². The number of aliphatic hydroxyl groups excluding tert-OH is 5. The summed E-state index contributed by atoms with van der Waals surface area (Å²) in [6, 6.07) is 5.81. The predicted octanol–water partition coefficient (Wildman–Crippen LogP) is 13.1. The monoisotopic (exact) mass is 1350 g/mol. The Balaban J connectivity index is 0.754. The minimum absolute atomic E-state index is 0.0568. The van der Waals surface area contributed by atoms with Crippen molar-refractivity contribution in [3.8, 4) is 41.1 Å². The zero-order valence-electron chi connectivity index (χ0n) is 53.7. The van der Waals surface area contributed by atoms with E-state index in [1.807, 2.05) is 0 Å². The molecule has 7 spiro atoms. The van der Waals surface area contributed by atoms with Gasteiger partial charge in [-0.15, -0.1) is 0 Å². The number of phenolic OH excluding ortho intramolecular Hbond substituents is 1. The van der Waals surface area contributed by atoms with E-state index in [1.54, 1.807) is 38.4 Å². The molecule has 10 N–H and O–H groups in total. The number of aliphatic hydroxyl groups is 5. The number of aromatic hydroxyl groups is 1. The second kappa shape index (κ2) is 21.2. The third kappa shape index (κ3) is 7.87. The Morgan fingerprint density at radius 2 is 1.73 bits per heavy atom. The normalized spacial score (nSPS) is 44.2. The minimum atomic E-state index is -1.28. The molecule has 22 rings (SSSR count). The molecule has 9 heterocycles. The number of carbonyl (C=O) groups excluding carboxylic acids is 1. The maximum atomic E-state index is 15.6. The summed E-state index contributed by atoms with van der Waals surface area (Å²) in [5.74, 6) is 12.4. The number of nitrogens with one attached hydrogen (secondary N) is 2. The van der Waals surface area contributed by atoms with Gasteiger partial charge in [0.15, 0.2) is 17.7 Å². The van der Waals surface area contributed by atoms with Crippen molar-refractivity contribution in [3.63, 3.8) is 0 Å². The van der Waals surface area contributed by atoms with E-state index < -0.39 is 75.4 Å². The van der Waals surface area contributed by atoms with Gasteiger partial charge in [0.05, 0.1) is 58.4 Å². The summed E-state index contributed by atoms with van der Waals surface area (Å²) in [5, 5.41) is 81.5. The first-order chi connectivity index (χ1) is 46.2. The molecule has 22 atom stereocenters. The molecule has 95 heavy (non-hydrogen) atoms. The van der Waals surface area contributed by atoms with E-state index in [-0.39, 0.29) is 76.0 Å². The van der Waals surface area contributed by atoms with Crippen LogP contribution in [0.1, 0.15) is 179 Å². The Hall–Kier alpha value is -4.63. The Kier molecular flexibility index (Phi) is 13.5. The van der Waals surface area contributed by atoms with Crippen LogP contribution in [0.5, 0.6) is 17.2 Å². The number of phenols is 1. The first kappa shape index (κ1) is 60.3. The van der Waals surface area contributed by atoms with Crippen molar-refractivity contribution in [2.75, 3.05) is 18.9 Å². The number of nitrogens with two attached hydrogens (primary N) is 1. The molecule has 4 aromatic rings.